The van der Waals surface area contributed by atoms with Gasteiger partial charge >= 0.3 is 6.18 Å². The van der Waals surface area contributed by atoms with Crippen LogP contribution in [0.3, 0.4) is 0 Å². The molecule has 0 fully saturated rings. The second kappa shape index (κ2) is 5.05. The van der Waals surface area contributed by atoms with E-state index in [1.165, 1.54) is 12.1 Å². The topological polar surface area (TPSA) is 35.2 Å². The number of ether oxygens (including phenoxy) is 1. The maximum absolute atomic E-state index is 12.5. The third-order valence-corrected chi connectivity index (χ3v) is 2.45. The Hall–Kier alpha value is -0.750. The molecule has 0 aromatic heterocycles. The van der Waals surface area contributed by atoms with Crippen molar-refractivity contribution in [1.29, 1.82) is 0 Å². The summed E-state index contributed by atoms with van der Waals surface area (Å²) in [6.07, 6.45) is -4.48. The molecule has 16 heavy (non-hydrogen) atoms. The second-order valence-electron chi connectivity index (χ2n) is 3.13. The molecule has 1 atom stereocenters. The average Bonchev–Trinajstić information content (AvgIpc) is 2.18. The summed E-state index contributed by atoms with van der Waals surface area (Å²) in [5.74, 6) is 0.163. The van der Waals surface area contributed by atoms with Crippen LogP contribution in [-0.2, 0) is 0 Å². The Morgan fingerprint density at radius 3 is 2.56 bits per heavy atom. The van der Waals surface area contributed by atoms with Gasteiger partial charge in [0.2, 0.25) is 0 Å². The van der Waals surface area contributed by atoms with Gasteiger partial charge in [-0.05, 0) is 25.1 Å². The third-order valence-electron chi connectivity index (χ3n) is 1.96. The van der Waals surface area contributed by atoms with Crippen LogP contribution in [0.4, 0.5) is 13.2 Å². The minimum Gasteiger partial charge on any atom is -0.494 e. The Bertz CT molecular complexity index is 368. The first-order chi connectivity index (χ1) is 7.36. The van der Waals surface area contributed by atoms with E-state index >= 15 is 0 Å². The van der Waals surface area contributed by atoms with E-state index in [1.54, 1.807) is 13.0 Å². The minimum atomic E-state index is -4.48. The van der Waals surface area contributed by atoms with E-state index < -0.39 is 12.2 Å². The van der Waals surface area contributed by atoms with E-state index in [0.29, 0.717) is 11.1 Å². The molecule has 0 unspecified atom stereocenters. The van der Waals surface area contributed by atoms with Crippen molar-refractivity contribution in [2.45, 2.75) is 19.1 Å². The van der Waals surface area contributed by atoms with Gasteiger partial charge in [0, 0.05) is 10.0 Å². The van der Waals surface area contributed by atoms with Crippen LogP contribution < -0.4 is 10.5 Å². The number of benzene rings is 1. The molecule has 1 aromatic carbocycles. The number of rotatable bonds is 3. The van der Waals surface area contributed by atoms with Crippen LogP contribution in [0.25, 0.3) is 0 Å². The van der Waals surface area contributed by atoms with Gasteiger partial charge in [0.1, 0.15) is 11.8 Å². The smallest absolute Gasteiger partial charge is 0.407 e. The zero-order valence-corrected chi connectivity index (χ0v) is 10.1. The molecule has 0 radical (unpaired) electrons. The van der Waals surface area contributed by atoms with Gasteiger partial charge < -0.3 is 10.5 Å². The lowest BCUT2D eigenvalue weighted by molar-refractivity contribution is -0.149. The maximum Gasteiger partial charge on any atom is 0.407 e. The highest BCUT2D eigenvalue weighted by Gasteiger charge is 2.39. The summed E-state index contributed by atoms with van der Waals surface area (Å²) in [6.45, 7) is 1.99. The van der Waals surface area contributed by atoms with Crippen molar-refractivity contribution < 1.29 is 17.9 Å². The monoisotopic (exact) mass is 297 g/mol. The van der Waals surface area contributed by atoms with Crippen LogP contribution in [-0.4, -0.2) is 12.8 Å². The lowest BCUT2D eigenvalue weighted by Gasteiger charge is -2.19. The van der Waals surface area contributed by atoms with Gasteiger partial charge in [-0.3, -0.25) is 0 Å². The molecular weight excluding hydrogens is 287 g/mol. The van der Waals surface area contributed by atoms with E-state index in [0.717, 1.165) is 0 Å². The molecule has 0 aliphatic rings. The van der Waals surface area contributed by atoms with Crippen LogP contribution in [0.1, 0.15) is 18.5 Å². The van der Waals surface area contributed by atoms with Crippen molar-refractivity contribution in [2.24, 2.45) is 5.73 Å². The van der Waals surface area contributed by atoms with Gasteiger partial charge in [-0.1, -0.05) is 15.9 Å². The minimum absolute atomic E-state index is 0.0660. The molecule has 0 saturated heterocycles. The molecule has 2 N–H and O–H groups in total. The number of hydrogen-bond acceptors (Lipinski definition) is 2. The summed E-state index contributed by atoms with van der Waals surface area (Å²) in [5.41, 5.74) is 5.08. The summed E-state index contributed by atoms with van der Waals surface area (Å²) in [4.78, 5) is 0. The summed E-state index contributed by atoms with van der Waals surface area (Å²) >= 11 is 3.10. The van der Waals surface area contributed by atoms with Crippen molar-refractivity contribution in [3.63, 3.8) is 0 Å². The Labute approximate surface area is 99.7 Å². The van der Waals surface area contributed by atoms with Crippen LogP contribution in [0.15, 0.2) is 22.7 Å². The quantitative estimate of drug-likeness (QED) is 0.928. The normalized spacial score (nSPS) is 13.6. The fourth-order valence-electron chi connectivity index (χ4n) is 1.23. The van der Waals surface area contributed by atoms with Gasteiger partial charge in [0.05, 0.1) is 6.61 Å². The Balaban J connectivity index is 3.14. The fourth-order valence-corrected chi connectivity index (χ4v) is 1.60. The maximum atomic E-state index is 12.5. The van der Waals surface area contributed by atoms with Crippen molar-refractivity contribution in [3.8, 4) is 5.75 Å². The summed E-state index contributed by atoms with van der Waals surface area (Å²) in [5, 5.41) is 0. The first kappa shape index (κ1) is 13.3. The van der Waals surface area contributed by atoms with Crippen LogP contribution >= 0.6 is 15.9 Å². The molecule has 0 aliphatic carbocycles. The largest absolute Gasteiger partial charge is 0.494 e. The van der Waals surface area contributed by atoms with E-state index in [1.807, 2.05) is 0 Å². The summed E-state index contributed by atoms with van der Waals surface area (Å²) < 4.78 is 43.1. The Morgan fingerprint density at radius 1 is 1.44 bits per heavy atom. The van der Waals surface area contributed by atoms with Gasteiger partial charge in [-0.25, -0.2) is 0 Å². The molecule has 1 rings (SSSR count). The number of nitrogens with two attached hydrogens (primary N) is 1. The lowest BCUT2D eigenvalue weighted by atomic mass is 10.1. The van der Waals surface area contributed by atoms with Gasteiger partial charge in [0.25, 0.3) is 0 Å². The first-order valence-corrected chi connectivity index (χ1v) is 5.40. The predicted octanol–water partition coefficient (Wildman–Crippen LogP) is 3.41. The highest BCUT2D eigenvalue weighted by molar-refractivity contribution is 9.10. The van der Waals surface area contributed by atoms with Crippen LogP contribution in [0, 0.1) is 0 Å². The van der Waals surface area contributed by atoms with Gasteiger partial charge in [0.15, 0.2) is 0 Å². The lowest BCUT2D eigenvalue weighted by Crippen LogP contribution is -2.29. The zero-order chi connectivity index (χ0) is 12.3. The molecule has 0 heterocycles. The molecule has 0 spiro atoms. The second-order valence-corrected chi connectivity index (χ2v) is 4.05. The standard InChI is InChI=1S/C10H11BrF3NO/c1-2-16-8-4-3-6(11)5-7(8)9(15)10(12,13)14/h3-5,9H,2,15H2,1H3/t9-/m1/s1. The highest BCUT2D eigenvalue weighted by atomic mass is 79.9. The number of hydrogen-bond donors (Lipinski definition) is 1. The van der Waals surface area contributed by atoms with Crippen molar-refractivity contribution in [1.82, 2.24) is 0 Å². The van der Waals surface area contributed by atoms with Crippen LogP contribution in [0.5, 0.6) is 5.75 Å². The molecule has 0 saturated carbocycles. The molecule has 1 aromatic rings. The Morgan fingerprint density at radius 2 is 2.06 bits per heavy atom. The number of alkyl halides is 3. The van der Waals surface area contributed by atoms with E-state index in [2.05, 4.69) is 15.9 Å². The average molecular weight is 298 g/mol. The molecule has 0 amide bonds. The van der Waals surface area contributed by atoms with E-state index in [4.69, 9.17) is 10.5 Å². The third kappa shape index (κ3) is 3.12. The Kier molecular flexibility index (Phi) is 4.21. The summed E-state index contributed by atoms with van der Waals surface area (Å²) in [6, 6.07) is 2.36. The summed E-state index contributed by atoms with van der Waals surface area (Å²) in [7, 11) is 0. The van der Waals surface area contributed by atoms with E-state index in [-0.39, 0.29) is 11.3 Å². The van der Waals surface area contributed by atoms with Crippen molar-refractivity contribution in [2.75, 3.05) is 6.61 Å². The van der Waals surface area contributed by atoms with Crippen molar-refractivity contribution >= 4 is 15.9 Å². The highest BCUT2D eigenvalue weighted by Crippen LogP contribution is 2.36. The van der Waals surface area contributed by atoms with Gasteiger partial charge in [-0.2, -0.15) is 13.2 Å². The molecule has 0 aliphatic heterocycles. The fraction of sp³-hybridized carbons (Fsp3) is 0.400. The first-order valence-electron chi connectivity index (χ1n) is 4.60. The van der Waals surface area contributed by atoms with Crippen molar-refractivity contribution in [3.05, 3.63) is 28.2 Å². The molecule has 0 bridgehead atoms. The SMILES string of the molecule is CCOc1ccc(Br)cc1[C@@H](N)C(F)(F)F. The number of halogens is 4. The molecule has 6 heteroatoms. The zero-order valence-electron chi connectivity index (χ0n) is 8.51. The molecule has 90 valence electrons. The molecule has 2 nitrogen and oxygen atoms in total. The molecular formula is C10H11BrF3NO. The van der Waals surface area contributed by atoms with Gasteiger partial charge in [-0.15, -0.1) is 0 Å². The van der Waals surface area contributed by atoms with E-state index in [9.17, 15) is 13.2 Å². The van der Waals surface area contributed by atoms with Crippen LogP contribution in [0.2, 0.25) is 0 Å². The predicted molar refractivity (Wildman–Crippen MR) is 58.3 cm³/mol.